The summed E-state index contributed by atoms with van der Waals surface area (Å²) < 4.78 is 23.5. The lowest BCUT2D eigenvalue weighted by Crippen LogP contribution is -2.41. The molecule has 61 heavy (non-hydrogen) atoms. The van der Waals surface area contributed by atoms with E-state index in [0.29, 0.717) is 18.7 Å². The number of carbonyl (C=O) groups is 5. The van der Waals surface area contributed by atoms with Gasteiger partial charge in [0.05, 0.1) is 0 Å². The first-order chi connectivity index (χ1) is 28.2. The van der Waals surface area contributed by atoms with Crippen LogP contribution in [0.15, 0.2) is 58.0 Å². The zero-order valence-electron chi connectivity index (χ0n) is 37.0. The van der Waals surface area contributed by atoms with Crippen molar-refractivity contribution in [3.8, 4) is 34.0 Å². The summed E-state index contributed by atoms with van der Waals surface area (Å²) in [5.74, 6) is -2.21. The fourth-order valence-electron chi connectivity index (χ4n) is 5.83. The smallest absolute Gasteiger partial charge is 0.425 e. The number of hydrogen-bond donors (Lipinski definition) is 1. The van der Waals surface area contributed by atoms with E-state index in [1.165, 1.54) is 54.6 Å². The fraction of sp³-hybridized carbons (Fsp3) is 0.465. The molecule has 328 valence electrons. The standard InChI is InChI=1S/C43H55N7O11/c1-14-48(15-2)36(52)25(3)49-24-28(20-21-31(49)51)32-34(37(53)58-41(4,5)6)45-35(50(38(54)55)40(57)60-43(10,11)12)33(44-32)30-22-29(46-61-30)27-18-16-26(17-19-27)23-47(13)39(56)59-42(7,8)9/h16-22,24-25H,14-15,23H2,1-13H3,(H,54,55). The van der Waals surface area contributed by atoms with Crippen molar-refractivity contribution in [1.82, 2.24) is 29.5 Å². The van der Waals surface area contributed by atoms with Gasteiger partial charge in [-0.15, -0.1) is 0 Å². The number of anilines is 1. The van der Waals surface area contributed by atoms with Crippen LogP contribution < -0.4 is 10.5 Å². The first-order valence-corrected chi connectivity index (χ1v) is 19.7. The van der Waals surface area contributed by atoms with Gasteiger partial charge in [-0.05, 0) is 94.7 Å². The summed E-state index contributed by atoms with van der Waals surface area (Å²) in [6, 6.07) is 10.0. The van der Waals surface area contributed by atoms with Crippen molar-refractivity contribution < 1.29 is 47.8 Å². The molecule has 0 spiro atoms. The third kappa shape index (κ3) is 12.0. The lowest BCUT2D eigenvalue weighted by Gasteiger charge is -2.26. The fourth-order valence-corrected chi connectivity index (χ4v) is 5.83. The minimum Gasteiger partial charge on any atom is -0.464 e. The molecular weight excluding hydrogens is 791 g/mol. The van der Waals surface area contributed by atoms with E-state index in [2.05, 4.69) is 10.1 Å². The van der Waals surface area contributed by atoms with Crippen LogP contribution in [-0.2, 0) is 25.5 Å². The number of esters is 1. The molecule has 4 aromatic rings. The monoisotopic (exact) mass is 845 g/mol. The highest BCUT2D eigenvalue weighted by Crippen LogP contribution is 2.36. The molecule has 0 aliphatic rings. The van der Waals surface area contributed by atoms with Gasteiger partial charge >= 0.3 is 24.2 Å². The molecule has 18 nitrogen and oxygen atoms in total. The molecule has 0 saturated heterocycles. The number of likely N-dealkylation sites (N-methyl/N-ethyl adjacent to an activating group) is 1. The Morgan fingerprint density at radius 1 is 0.787 bits per heavy atom. The Balaban J connectivity index is 1.96. The van der Waals surface area contributed by atoms with Gasteiger partial charge in [-0.2, -0.15) is 4.90 Å². The minimum atomic E-state index is -1.82. The topological polar surface area (TPSA) is 217 Å². The Labute approximate surface area is 354 Å². The largest absolute Gasteiger partial charge is 0.464 e. The number of pyridine rings is 1. The maximum atomic E-state index is 14.0. The third-order valence-corrected chi connectivity index (χ3v) is 8.63. The van der Waals surface area contributed by atoms with Crippen LogP contribution in [0.1, 0.15) is 105 Å². The Morgan fingerprint density at radius 3 is 1.89 bits per heavy atom. The van der Waals surface area contributed by atoms with E-state index in [4.69, 9.17) is 23.7 Å². The predicted molar refractivity (Wildman–Crippen MR) is 225 cm³/mol. The average molecular weight is 846 g/mol. The van der Waals surface area contributed by atoms with Crippen LogP contribution in [0.2, 0.25) is 0 Å². The number of carboxylic acid groups (broad SMARTS) is 1. The Bertz CT molecular complexity index is 2330. The molecule has 1 unspecified atom stereocenters. The van der Waals surface area contributed by atoms with Gasteiger partial charge in [0.25, 0.3) is 5.56 Å². The molecule has 4 amide bonds. The van der Waals surface area contributed by atoms with Crippen LogP contribution in [-0.4, -0.2) is 102 Å². The van der Waals surface area contributed by atoms with E-state index >= 15 is 0 Å². The summed E-state index contributed by atoms with van der Waals surface area (Å²) in [5, 5.41) is 14.7. The number of aromatic nitrogens is 4. The number of rotatable bonds is 11. The zero-order chi connectivity index (χ0) is 45.8. The lowest BCUT2D eigenvalue weighted by molar-refractivity contribution is -0.134. The summed E-state index contributed by atoms with van der Waals surface area (Å²) in [5.41, 5.74) is -2.78. The van der Waals surface area contributed by atoms with Crippen molar-refractivity contribution in [2.45, 2.75) is 112 Å². The summed E-state index contributed by atoms with van der Waals surface area (Å²) in [7, 11) is 1.62. The van der Waals surface area contributed by atoms with E-state index in [9.17, 15) is 33.9 Å². The average Bonchev–Trinajstić information content (AvgIpc) is 3.63. The van der Waals surface area contributed by atoms with Crippen LogP contribution >= 0.6 is 0 Å². The SMILES string of the molecule is CCN(CC)C(=O)C(C)n1cc(-c2nc(-c3cc(-c4ccc(CN(C)C(=O)OC(C)(C)C)cc4)no3)c(N(C(=O)O)C(=O)OC(C)(C)C)nc2C(=O)OC(C)(C)C)ccc1=O. The molecule has 1 N–H and O–H groups in total. The van der Waals surface area contributed by atoms with Crippen LogP contribution in [0.4, 0.5) is 20.2 Å². The summed E-state index contributed by atoms with van der Waals surface area (Å²) in [6.45, 7) is 21.0. The van der Waals surface area contributed by atoms with E-state index in [1.807, 2.05) is 13.8 Å². The highest BCUT2D eigenvalue weighted by atomic mass is 16.6. The molecule has 0 radical (unpaired) electrons. The number of hydrogen-bond acceptors (Lipinski definition) is 13. The highest BCUT2D eigenvalue weighted by Gasteiger charge is 2.37. The first kappa shape index (κ1) is 47.1. The summed E-state index contributed by atoms with van der Waals surface area (Å²) in [4.78, 5) is 92.0. The van der Waals surface area contributed by atoms with Crippen molar-refractivity contribution in [3.63, 3.8) is 0 Å². The van der Waals surface area contributed by atoms with E-state index < -0.39 is 64.2 Å². The highest BCUT2D eigenvalue weighted by molar-refractivity contribution is 6.10. The molecule has 4 rings (SSSR count). The van der Waals surface area contributed by atoms with Crippen LogP contribution in [0, 0.1) is 0 Å². The van der Waals surface area contributed by atoms with Gasteiger partial charge in [-0.25, -0.2) is 29.1 Å². The van der Waals surface area contributed by atoms with Crippen molar-refractivity contribution >= 4 is 36.0 Å². The number of ether oxygens (including phenoxy) is 3. The van der Waals surface area contributed by atoms with Crippen LogP contribution in [0.25, 0.3) is 34.0 Å². The quantitative estimate of drug-likeness (QED) is 0.113. The maximum absolute atomic E-state index is 14.0. The molecule has 1 aromatic carbocycles. The van der Waals surface area contributed by atoms with Crippen molar-refractivity contribution in [3.05, 3.63) is 70.3 Å². The van der Waals surface area contributed by atoms with Gasteiger partial charge in [0, 0.05) is 56.1 Å². The molecule has 3 aromatic heterocycles. The number of benzene rings is 1. The molecule has 0 bridgehead atoms. The molecule has 18 heteroatoms. The number of carbonyl (C=O) groups excluding carboxylic acids is 4. The predicted octanol–water partition coefficient (Wildman–Crippen LogP) is 7.80. The second-order valence-electron chi connectivity index (χ2n) is 17.2. The Morgan fingerprint density at radius 2 is 1.34 bits per heavy atom. The molecule has 0 fully saturated rings. The zero-order valence-corrected chi connectivity index (χ0v) is 37.0. The van der Waals surface area contributed by atoms with Crippen LogP contribution in [0.3, 0.4) is 0 Å². The number of amides is 4. The van der Waals surface area contributed by atoms with Gasteiger partial charge in [-0.1, -0.05) is 29.4 Å². The first-order valence-electron chi connectivity index (χ1n) is 19.7. The van der Waals surface area contributed by atoms with E-state index in [0.717, 1.165) is 5.56 Å². The maximum Gasteiger partial charge on any atom is 0.425 e. The summed E-state index contributed by atoms with van der Waals surface area (Å²) >= 11 is 0. The van der Waals surface area contributed by atoms with E-state index in [-0.39, 0.29) is 45.8 Å². The Hall–Kier alpha value is -6.59. The molecular formula is C43H55N7O11. The molecule has 0 aliphatic heterocycles. The molecule has 1 atom stereocenters. The van der Waals surface area contributed by atoms with Crippen molar-refractivity contribution in [2.75, 3.05) is 25.0 Å². The Kier molecular flexibility index (Phi) is 14.2. The van der Waals surface area contributed by atoms with Crippen LogP contribution in [0.5, 0.6) is 0 Å². The normalized spacial score (nSPS) is 12.3. The van der Waals surface area contributed by atoms with Gasteiger partial charge in [0.1, 0.15) is 34.2 Å². The third-order valence-electron chi connectivity index (χ3n) is 8.63. The van der Waals surface area contributed by atoms with Crippen molar-refractivity contribution in [1.29, 1.82) is 0 Å². The number of nitrogens with zero attached hydrogens (tertiary/aromatic N) is 7. The van der Waals surface area contributed by atoms with Gasteiger partial charge in [0.15, 0.2) is 23.0 Å². The second-order valence-corrected chi connectivity index (χ2v) is 17.2. The van der Waals surface area contributed by atoms with Crippen molar-refractivity contribution in [2.24, 2.45) is 0 Å². The number of imide groups is 1. The molecule has 3 heterocycles. The summed E-state index contributed by atoms with van der Waals surface area (Å²) in [6.07, 6.45) is -2.33. The molecule has 0 saturated carbocycles. The van der Waals surface area contributed by atoms with Gasteiger partial charge in [0.2, 0.25) is 5.91 Å². The van der Waals surface area contributed by atoms with E-state index in [1.54, 1.807) is 84.7 Å². The second kappa shape index (κ2) is 18.4. The lowest BCUT2D eigenvalue weighted by atomic mass is 10.1. The van der Waals surface area contributed by atoms with Gasteiger partial charge in [-0.3, -0.25) is 9.59 Å². The molecule has 0 aliphatic carbocycles. The minimum absolute atomic E-state index is 0.116. The van der Waals surface area contributed by atoms with Gasteiger partial charge < -0.3 is 38.2 Å².